The third kappa shape index (κ3) is 0.706. The lowest BCUT2D eigenvalue weighted by Crippen LogP contribution is -1.99. The molecule has 0 fully saturated rings. The van der Waals surface area contributed by atoms with Crippen molar-refractivity contribution in [3.8, 4) is 0 Å². The first kappa shape index (κ1) is 5.79. The highest BCUT2D eigenvalue weighted by atomic mass is 32.1. The van der Waals surface area contributed by atoms with Gasteiger partial charge in [0, 0.05) is 0 Å². The summed E-state index contributed by atoms with van der Waals surface area (Å²) < 4.78 is 0. The van der Waals surface area contributed by atoms with Crippen LogP contribution in [0.5, 0.6) is 0 Å². The fraction of sp³-hybridized carbons (Fsp3) is 0.200. The van der Waals surface area contributed by atoms with Crippen molar-refractivity contribution in [1.29, 1.82) is 0 Å². The van der Waals surface area contributed by atoms with Crippen LogP contribution in [0.3, 0.4) is 0 Å². The highest BCUT2D eigenvalue weighted by Gasteiger charge is 2.12. The smallest absolute Gasteiger partial charge is 0.155 e. The molecule has 2 rings (SSSR count). The van der Waals surface area contributed by atoms with Gasteiger partial charge < -0.3 is 10.6 Å². The minimum Gasteiger partial charge on any atom is -0.363 e. The number of hydrogen-bond acceptors (Lipinski definition) is 5. The van der Waals surface area contributed by atoms with Crippen molar-refractivity contribution < 1.29 is 0 Å². The van der Waals surface area contributed by atoms with Gasteiger partial charge in [0.15, 0.2) is 5.82 Å². The van der Waals surface area contributed by atoms with Gasteiger partial charge in [-0.2, -0.15) is 0 Å². The second kappa shape index (κ2) is 2.02. The summed E-state index contributed by atoms with van der Waals surface area (Å²) >= 11 is 4.13. The monoisotopic (exact) mass is 154 g/mol. The molecular formula is C5H6N4S. The molecule has 0 spiro atoms. The highest BCUT2D eigenvalue weighted by Crippen LogP contribution is 2.27. The third-order valence-corrected chi connectivity index (χ3v) is 1.69. The van der Waals surface area contributed by atoms with Crippen molar-refractivity contribution >= 4 is 24.1 Å². The maximum atomic E-state index is 4.13. The average molecular weight is 154 g/mol. The Hall–Kier alpha value is -0.970. The summed E-state index contributed by atoms with van der Waals surface area (Å²) in [5, 5.41) is 6.78. The Morgan fingerprint density at radius 2 is 2.30 bits per heavy atom. The summed E-state index contributed by atoms with van der Waals surface area (Å²) in [6.45, 7) is 0.710. The SMILES string of the molecule is Sc1ncnc2c1NCN2. The van der Waals surface area contributed by atoms with E-state index in [1.807, 2.05) is 0 Å². The Morgan fingerprint density at radius 1 is 1.40 bits per heavy atom. The Morgan fingerprint density at radius 3 is 3.10 bits per heavy atom. The van der Waals surface area contributed by atoms with Crippen LogP contribution in [0.1, 0.15) is 0 Å². The Balaban J connectivity index is 2.59. The maximum Gasteiger partial charge on any atom is 0.155 e. The van der Waals surface area contributed by atoms with Gasteiger partial charge in [0.25, 0.3) is 0 Å². The Kier molecular flexibility index (Phi) is 1.17. The summed E-state index contributed by atoms with van der Waals surface area (Å²) in [5.74, 6) is 0.833. The van der Waals surface area contributed by atoms with E-state index in [0.29, 0.717) is 11.7 Å². The number of nitrogens with zero attached hydrogens (tertiary/aromatic N) is 2. The molecule has 0 atom stereocenters. The van der Waals surface area contributed by atoms with E-state index in [0.717, 1.165) is 11.5 Å². The average Bonchev–Trinajstić information content (AvgIpc) is 2.36. The van der Waals surface area contributed by atoms with Gasteiger partial charge in [0.1, 0.15) is 17.0 Å². The molecule has 1 aromatic rings. The second-order valence-corrected chi connectivity index (χ2v) is 2.37. The second-order valence-electron chi connectivity index (χ2n) is 1.95. The quantitative estimate of drug-likeness (QED) is 0.377. The number of anilines is 2. The van der Waals surface area contributed by atoms with E-state index in [9.17, 15) is 0 Å². The fourth-order valence-corrected chi connectivity index (χ4v) is 1.13. The first-order valence-electron chi connectivity index (χ1n) is 2.89. The van der Waals surface area contributed by atoms with E-state index in [1.54, 1.807) is 0 Å². The summed E-state index contributed by atoms with van der Waals surface area (Å²) in [6, 6.07) is 0. The van der Waals surface area contributed by atoms with Gasteiger partial charge in [-0.15, -0.1) is 12.6 Å². The molecule has 4 nitrogen and oxygen atoms in total. The van der Waals surface area contributed by atoms with Crippen LogP contribution in [-0.2, 0) is 0 Å². The van der Waals surface area contributed by atoms with Crippen LogP contribution in [0, 0.1) is 0 Å². The van der Waals surface area contributed by atoms with Crippen molar-refractivity contribution in [1.82, 2.24) is 9.97 Å². The van der Waals surface area contributed by atoms with Gasteiger partial charge in [-0.1, -0.05) is 0 Å². The molecule has 2 N–H and O–H groups in total. The van der Waals surface area contributed by atoms with Crippen molar-refractivity contribution in [3.63, 3.8) is 0 Å². The van der Waals surface area contributed by atoms with Gasteiger partial charge in [-0.05, 0) is 0 Å². The van der Waals surface area contributed by atoms with E-state index >= 15 is 0 Å². The van der Waals surface area contributed by atoms with Crippen LogP contribution in [0.25, 0.3) is 0 Å². The van der Waals surface area contributed by atoms with Crippen molar-refractivity contribution in [2.24, 2.45) is 0 Å². The van der Waals surface area contributed by atoms with Crippen LogP contribution in [-0.4, -0.2) is 16.6 Å². The van der Waals surface area contributed by atoms with Gasteiger partial charge in [0.2, 0.25) is 0 Å². The zero-order valence-electron chi connectivity index (χ0n) is 5.13. The number of fused-ring (bicyclic) bond motifs is 1. The maximum absolute atomic E-state index is 4.13. The minimum atomic E-state index is 0.690. The largest absolute Gasteiger partial charge is 0.363 e. The van der Waals surface area contributed by atoms with Gasteiger partial charge in [0.05, 0.1) is 6.67 Å². The standard InChI is InChI=1S/C5H6N4S/c10-5-3-4(7-1-6-3)8-2-9-5/h2,6H,1H2,(H2,7,8,9,10). The van der Waals surface area contributed by atoms with Crippen LogP contribution < -0.4 is 10.6 Å². The van der Waals surface area contributed by atoms with Crippen LogP contribution >= 0.6 is 12.6 Å². The number of aromatic nitrogens is 2. The first-order valence-corrected chi connectivity index (χ1v) is 3.34. The molecule has 0 unspecified atom stereocenters. The molecule has 0 aromatic carbocycles. The van der Waals surface area contributed by atoms with Gasteiger partial charge >= 0.3 is 0 Å². The minimum absolute atomic E-state index is 0.690. The zero-order chi connectivity index (χ0) is 6.97. The summed E-state index contributed by atoms with van der Waals surface area (Å²) in [4.78, 5) is 7.89. The van der Waals surface area contributed by atoms with E-state index in [4.69, 9.17) is 0 Å². The molecule has 0 saturated heterocycles. The van der Waals surface area contributed by atoms with Crippen molar-refractivity contribution in [2.45, 2.75) is 5.03 Å². The molecule has 0 bridgehead atoms. The molecule has 0 radical (unpaired) electrons. The predicted molar refractivity (Wildman–Crippen MR) is 41.4 cm³/mol. The highest BCUT2D eigenvalue weighted by molar-refractivity contribution is 7.80. The van der Waals surface area contributed by atoms with Crippen molar-refractivity contribution in [3.05, 3.63) is 6.33 Å². The molecule has 10 heavy (non-hydrogen) atoms. The van der Waals surface area contributed by atoms with Gasteiger partial charge in [-0.3, -0.25) is 0 Å². The van der Waals surface area contributed by atoms with E-state index < -0.39 is 0 Å². The van der Waals surface area contributed by atoms with Crippen LogP contribution in [0.2, 0.25) is 0 Å². The number of hydrogen-bond donors (Lipinski definition) is 3. The molecular weight excluding hydrogens is 148 g/mol. The lowest BCUT2D eigenvalue weighted by molar-refractivity contribution is 1.07. The fourth-order valence-electron chi connectivity index (χ4n) is 0.889. The van der Waals surface area contributed by atoms with E-state index in [2.05, 4.69) is 33.2 Å². The van der Waals surface area contributed by atoms with Crippen LogP contribution in [0.4, 0.5) is 11.5 Å². The number of thiol groups is 1. The first-order chi connectivity index (χ1) is 4.88. The van der Waals surface area contributed by atoms with Gasteiger partial charge in [-0.25, -0.2) is 9.97 Å². The normalized spacial score (nSPS) is 13.7. The summed E-state index contributed by atoms with van der Waals surface area (Å²) in [5.41, 5.74) is 0.894. The molecule has 1 aliphatic heterocycles. The molecule has 1 aromatic heterocycles. The predicted octanol–water partition coefficient (Wildman–Crippen LogP) is 0.560. The molecule has 1 aliphatic rings. The van der Waals surface area contributed by atoms with Crippen LogP contribution in [0.15, 0.2) is 11.4 Å². The van der Waals surface area contributed by atoms with E-state index in [1.165, 1.54) is 6.33 Å². The summed E-state index contributed by atoms with van der Waals surface area (Å²) in [6.07, 6.45) is 1.49. The lowest BCUT2D eigenvalue weighted by atomic mass is 10.5. The zero-order valence-corrected chi connectivity index (χ0v) is 6.02. The topological polar surface area (TPSA) is 49.8 Å². The molecule has 0 amide bonds. The summed E-state index contributed by atoms with van der Waals surface area (Å²) in [7, 11) is 0. The van der Waals surface area contributed by atoms with E-state index in [-0.39, 0.29) is 0 Å². The number of rotatable bonds is 0. The van der Waals surface area contributed by atoms with Crippen molar-refractivity contribution in [2.75, 3.05) is 17.3 Å². The number of nitrogens with one attached hydrogen (secondary N) is 2. The molecule has 2 heterocycles. The molecule has 0 saturated carbocycles. The Labute approximate surface area is 63.5 Å². The Bertz CT molecular complexity index is 262. The molecule has 52 valence electrons. The third-order valence-electron chi connectivity index (χ3n) is 1.35. The molecule has 5 heteroatoms. The lowest BCUT2D eigenvalue weighted by Gasteiger charge is -1.97. The molecule has 0 aliphatic carbocycles.